The van der Waals surface area contributed by atoms with Crippen LogP contribution in [-0.2, 0) is 10.0 Å². The van der Waals surface area contributed by atoms with E-state index in [9.17, 15) is 13.2 Å². The fraction of sp³-hybridized carbons (Fsp3) is 0.308. The standard InChI is InChI=1S/C13H15NO4S/c1-10-11(13(15)16)6-5-7-12(10)19(17,18)14-8-3-2-4-9-14/h2-3,5-7H,4,8-9H2,1H3,(H,15,16). The lowest BCUT2D eigenvalue weighted by Crippen LogP contribution is -2.34. The summed E-state index contributed by atoms with van der Waals surface area (Å²) < 4.78 is 26.3. The van der Waals surface area contributed by atoms with Crippen molar-refractivity contribution in [2.45, 2.75) is 18.2 Å². The third-order valence-corrected chi connectivity index (χ3v) is 5.16. The molecule has 0 fully saturated rings. The molecule has 1 aromatic carbocycles. The van der Waals surface area contributed by atoms with E-state index in [4.69, 9.17) is 5.11 Å². The molecule has 1 heterocycles. The lowest BCUT2D eigenvalue weighted by molar-refractivity contribution is 0.0696. The molecular weight excluding hydrogens is 266 g/mol. The van der Waals surface area contributed by atoms with Gasteiger partial charge in [0.1, 0.15) is 0 Å². The van der Waals surface area contributed by atoms with Crippen LogP contribution in [0.4, 0.5) is 0 Å². The molecule has 0 saturated carbocycles. The Hall–Kier alpha value is -1.66. The maximum Gasteiger partial charge on any atom is 0.335 e. The van der Waals surface area contributed by atoms with E-state index < -0.39 is 16.0 Å². The number of nitrogens with zero attached hydrogens (tertiary/aromatic N) is 1. The molecule has 1 aliphatic heterocycles. The van der Waals surface area contributed by atoms with Crippen molar-refractivity contribution < 1.29 is 18.3 Å². The van der Waals surface area contributed by atoms with Crippen LogP contribution in [0.25, 0.3) is 0 Å². The molecule has 1 N–H and O–H groups in total. The van der Waals surface area contributed by atoms with Crippen molar-refractivity contribution in [3.8, 4) is 0 Å². The number of sulfonamides is 1. The first-order chi connectivity index (χ1) is 8.94. The van der Waals surface area contributed by atoms with Gasteiger partial charge in [0, 0.05) is 13.1 Å². The van der Waals surface area contributed by atoms with Gasteiger partial charge >= 0.3 is 5.97 Å². The van der Waals surface area contributed by atoms with Gasteiger partial charge in [-0.3, -0.25) is 0 Å². The molecule has 2 rings (SSSR count). The highest BCUT2D eigenvalue weighted by molar-refractivity contribution is 7.89. The number of carbonyl (C=O) groups is 1. The van der Waals surface area contributed by atoms with Crippen LogP contribution in [0.3, 0.4) is 0 Å². The van der Waals surface area contributed by atoms with Crippen molar-refractivity contribution in [2.75, 3.05) is 13.1 Å². The van der Waals surface area contributed by atoms with E-state index in [-0.39, 0.29) is 16.0 Å². The quantitative estimate of drug-likeness (QED) is 0.855. The van der Waals surface area contributed by atoms with Gasteiger partial charge in [-0.1, -0.05) is 18.2 Å². The van der Waals surface area contributed by atoms with Crippen LogP contribution < -0.4 is 0 Å². The van der Waals surface area contributed by atoms with Gasteiger partial charge in [0.25, 0.3) is 0 Å². The molecule has 0 radical (unpaired) electrons. The minimum Gasteiger partial charge on any atom is -0.478 e. The average Bonchev–Trinajstić information content (AvgIpc) is 2.39. The maximum absolute atomic E-state index is 12.5. The zero-order valence-electron chi connectivity index (χ0n) is 10.5. The molecule has 1 aliphatic rings. The molecule has 0 unspecified atom stereocenters. The van der Waals surface area contributed by atoms with Gasteiger partial charge in [-0.05, 0) is 31.0 Å². The summed E-state index contributed by atoms with van der Waals surface area (Å²) in [7, 11) is -3.63. The van der Waals surface area contributed by atoms with Crippen molar-refractivity contribution in [1.82, 2.24) is 4.31 Å². The fourth-order valence-corrected chi connectivity index (χ4v) is 3.76. The molecule has 1 aromatic rings. The van der Waals surface area contributed by atoms with E-state index in [1.54, 1.807) is 6.08 Å². The molecular formula is C13H15NO4S. The monoisotopic (exact) mass is 281 g/mol. The van der Waals surface area contributed by atoms with Gasteiger partial charge in [-0.15, -0.1) is 0 Å². The number of carboxylic acids is 1. The van der Waals surface area contributed by atoms with Crippen LogP contribution in [0.1, 0.15) is 22.3 Å². The summed E-state index contributed by atoms with van der Waals surface area (Å²) in [5.41, 5.74) is 0.304. The molecule has 0 atom stereocenters. The minimum atomic E-state index is -3.63. The summed E-state index contributed by atoms with van der Waals surface area (Å²) in [5, 5.41) is 9.05. The number of carboxylic acid groups (broad SMARTS) is 1. The molecule has 0 amide bonds. The molecule has 102 valence electrons. The Kier molecular flexibility index (Phi) is 3.73. The lowest BCUT2D eigenvalue weighted by atomic mass is 10.1. The number of aromatic carboxylic acids is 1. The average molecular weight is 281 g/mol. The summed E-state index contributed by atoms with van der Waals surface area (Å²) in [6.07, 6.45) is 4.42. The number of hydrogen-bond acceptors (Lipinski definition) is 3. The Balaban J connectivity index is 2.49. The highest BCUT2D eigenvalue weighted by atomic mass is 32.2. The highest BCUT2D eigenvalue weighted by Crippen LogP contribution is 2.23. The predicted octanol–water partition coefficient (Wildman–Crippen LogP) is 1.64. The fourth-order valence-electron chi connectivity index (χ4n) is 2.10. The Morgan fingerprint density at radius 3 is 2.63 bits per heavy atom. The van der Waals surface area contributed by atoms with Crippen molar-refractivity contribution in [3.63, 3.8) is 0 Å². The second-order valence-electron chi connectivity index (χ2n) is 4.36. The van der Waals surface area contributed by atoms with Crippen LogP contribution in [0.5, 0.6) is 0 Å². The van der Waals surface area contributed by atoms with Crippen molar-refractivity contribution in [3.05, 3.63) is 41.5 Å². The zero-order chi connectivity index (χ0) is 14.0. The number of hydrogen-bond donors (Lipinski definition) is 1. The van der Waals surface area contributed by atoms with Gasteiger partial charge in [0.15, 0.2) is 0 Å². The predicted molar refractivity (Wildman–Crippen MR) is 70.7 cm³/mol. The molecule has 0 aromatic heterocycles. The van der Waals surface area contributed by atoms with Gasteiger partial charge < -0.3 is 5.11 Å². The van der Waals surface area contributed by atoms with Crippen LogP contribution in [0.2, 0.25) is 0 Å². The van der Waals surface area contributed by atoms with E-state index >= 15 is 0 Å². The lowest BCUT2D eigenvalue weighted by Gasteiger charge is -2.23. The van der Waals surface area contributed by atoms with Gasteiger partial charge in [-0.25, -0.2) is 13.2 Å². The first-order valence-electron chi connectivity index (χ1n) is 5.92. The molecule has 19 heavy (non-hydrogen) atoms. The summed E-state index contributed by atoms with van der Waals surface area (Å²) in [4.78, 5) is 11.1. The van der Waals surface area contributed by atoms with Gasteiger partial charge in [0.2, 0.25) is 10.0 Å². The number of benzene rings is 1. The normalized spacial score (nSPS) is 16.5. The number of rotatable bonds is 3. The summed E-state index contributed by atoms with van der Waals surface area (Å²) >= 11 is 0. The summed E-state index contributed by atoms with van der Waals surface area (Å²) in [5.74, 6) is -1.12. The van der Waals surface area contributed by atoms with Gasteiger partial charge in [0.05, 0.1) is 10.5 Å². The smallest absolute Gasteiger partial charge is 0.335 e. The zero-order valence-corrected chi connectivity index (χ0v) is 11.4. The van der Waals surface area contributed by atoms with Crippen LogP contribution >= 0.6 is 0 Å². The Labute approximate surface area is 112 Å². The van der Waals surface area contributed by atoms with Crippen LogP contribution in [0, 0.1) is 6.92 Å². The van der Waals surface area contributed by atoms with E-state index in [0.29, 0.717) is 19.5 Å². The molecule has 0 saturated heterocycles. The van der Waals surface area contributed by atoms with Gasteiger partial charge in [-0.2, -0.15) is 4.31 Å². The van der Waals surface area contributed by atoms with E-state index in [1.165, 1.54) is 29.4 Å². The van der Waals surface area contributed by atoms with Crippen LogP contribution in [-0.4, -0.2) is 36.9 Å². The second-order valence-corrected chi connectivity index (χ2v) is 6.26. The Morgan fingerprint density at radius 1 is 1.32 bits per heavy atom. The topological polar surface area (TPSA) is 74.7 Å². The largest absolute Gasteiger partial charge is 0.478 e. The molecule has 0 bridgehead atoms. The Bertz CT molecular complexity index is 634. The SMILES string of the molecule is Cc1c(C(=O)O)cccc1S(=O)(=O)N1CC=CCC1. The molecule has 0 aliphatic carbocycles. The second kappa shape index (κ2) is 5.14. The summed E-state index contributed by atoms with van der Waals surface area (Å²) in [6.45, 7) is 2.28. The Morgan fingerprint density at radius 2 is 2.05 bits per heavy atom. The third kappa shape index (κ3) is 2.54. The van der Waals surface area contributed by atoms with E-state index in [1.807, 2.05) is 6.08 Å². The van der Waals surface area contributed by atoms with Crippen molar-refractivity contribution >= 4 is 16.0 Å². The first-order valence-corrected chi connectivity index (χ1v) is 7.36. The molecule has 5 nitrogen and oxygen atoms in total. The first kappa shape index (κ1) is 13.8. The molecule has 0 spiro atoms. The van der Waals surface area contributed by atoms with Crippen molar-refractivity contribution in [2.24, 2.45) is 0 Å². The van der Waals surface area contributed by atoms with Crippen LogP contribution in [0.15, 0.2) is 35.2 Å². The highest BCUT2D eigenvalue weighted by Gasteiger charge is 2.27. The third-order valence-electron chi connectivity index (χ3n) is 3.15. The van der Waals surface area contributed by atoms with E-state index in [2.05, 4.69) is 0 Å². The molecule has 6 heteroatoms. The van der Waals surface area contributed by atoms with Crippen molar-refractivity contribution in [1.29, 1.82) is 0 Å². The summed E-state index contributed by atoms with van der Waals surface area (Å²) in [6, 6.07) is 4.32. The maximum atomic E-state index is 12.5. The van der Waals surface area contributed by atoms with E-state index in [0.717, 1.165) is 0 Å². The minimum absolute atomic E-state index is 0.0219.